The van der Waals surface area contributed by atoms with Crippen molar-refractivity contribution in [1.29, 1.82) is 0 Å². The normalized spacial score (nSPS) is 22.6. The van der Waals surface area contributed by atoms with Crippen LogP contribution in [0.3, 0.4) is 0 Å². The van der Waals surface area contributed by atoms with Gasteiger partial charge in [-0.05, 0) is 23.8 Å². The van der Waals surface area contributed by atoms with Gasteiger partial charge in [-0.25, -0.2) is 8.42 Å². The van der Waals surface area contributed by atoms with E-state index in [0.29, 0.717) is 19.8 Å². The lowest BCUT2D eigenvalue weighted by atomic mass is 10.2. The third-order valence-corrected chi connectivity index (χ3v) is 7.02. The molecule has 2 heterocycles. The van der Waals surface area contributed by atoms with Crippen LogP contribution in [-0.4, -0.2) is 47.8 Å². The summed E-state index contributed by atoms with van der Waals surface area (Å²) in [5.74, 6) is -0.757. The predicted molar refractivity (Wildman–Crippen MR) is 111 cm³/mol. The van der Waals surface area contributed by atoms with E-state index in [9.17, 15) is 18.0 Å². The number of thioether (sulfide) groups is 1. The lowest BCUT2D eigenvalue weighted by Gasteiger charge is -2.15. The molecule has 0 spiro atoms. The van der Waals surface area contributed by atoms with Crippen molar-refractivity contribution in [1.82, 2.24) is 10.2 Å². The quantitative estimate of drug-likeness (QED) is 0.556. The van der Waals surface area contributed by atoms with E-state index in [0.717, 1.165) is 17.2 Å². The van der Waals surface area contributed by atoms with E-state index in [-0.39, 0.29) is 30.5 Å². The minimum absolute atomic E-state index is 0.0240. The fourth-order valence-corrected chi connectivity index (χ4v) is 5.31. The number of nitrogens with zero attached hydrogens (tertiary/aromatic N) is 1. The van der Waals surface area contributed by atoms with Crippen molar-refractivity contribution in [3.05, 3.63) is 51.2 Å². The van der Waals surface area contributed by atoms with Crippen molar-refractivity contribution in [2.75, 3.05) is 12.3 Å². The lowest BCUT2D eigenvalue weighted by Crippen LogP contribution is -2.38. The first-order valence-corrected chi connectivity index (χ1v) is 11.3. The van der Waals surface area contributed by atoms with Crippen molar-refractivity contribution in [2.24, 2.45) is 0 Å². The van der Waals surface area contributed by atoms with Crippen LogP contribution in [0.25, 0.3) is 6.08 Å². The number of benzene rings is 1. The van der Waals surface area contributed by atoms with Gasteiger partial charge in [0, 0.05) is 23.4 Å². The van der Waals surface area contributed by atoms with Crippen LogP contribution < -0.4 is 5.32 Å². The molecular formula is C17H15ClN2O4S3. The number of carbonyl (C=O) groups is 2. The first-order valence-electron chi connectivity index (χ1n) is 7.95. The average Bonchev–Trinajstić information content (AvgIpc) is 3.07. The summed E-state index contributed by atoms with van der Waals surface area (Å²) in [7, 11) is -3.23. The molecule has 0 aromatic heterocycles. The molecule has 0 unspecified atom stereocenters. The molecule has 142 valence electrons. The monoisotopic (exact) mass is 442 g/mol. The van der Waals surface area contributed by atoms with Crippen LogP contribution in [0.2, 0.25) is 5.02 Å². The number of amides is 2. The van der Waals surface area contributed by atoms with Gasteiger partial charge in [0.2, 0.25) is 5.91 Å². The molecule has 1 aromatic rings. The molecule has 0 aliphatic carbocycles. The van der Waals surface area contributed by atoms with Crippen molar-refractivity contribution in [3.8, 4) is 0 Å². The number of hydrogen-bond acceptors (Lipinski definition) is 6. The third-order valence-electron chi connectivity index (χ3n) is 3.90. The Balaban J connectivity index is 1.59. The summed E-state index contributed by atoms with van der Waals surface area (Å²) in [6.45, 7) is 0.125. The van der Waals surface area contributed by atoms with Gasteiger partial charge < -0.3 is 5.32 Å². The van der Waals surface area contributed by atoms with Crippen molar-refractivity contribution >= 4 is 67.6 Å². The highest BCUT2D eigenvalue weighted by Crippen LogP contribution is 2.33. The van der Waals surface area contributed by atoms with Crippen LogP contribution in [0.4, 0.5) is 0 Å². The van der Waals surface area contributed by atoms with Gasteiger partial charge in [-0.3, -0.25) is 14.5 Å². The van der Waals surface area contributed by atoms with E-state index in [2.05, 4.69) is 5.32 Å². The summed E-state index contributed by atoms with van der Waals surface area (Å²) in [6.07, 6.45) is 3.14. The molecule has 10 heteroatoms. The Hall–Kier alpha value is -1.68. The Morgan fingerprint density at radius 1 is 1.41 bits per heavy atom. The molecule has 2 aliphatic heterocycles. The van der Waals surface area contributed by atoms with Gasteiger partial charge in [0.15, 0.2) is 9.84 Å². The maximum atomic E-state index is 12.6. The number of rotatable bonds is 5. The summed E-state index contributed by atoms with van der Waals surface area (Å²) in [5, 5.41) is 4.25. The van der Waals surface area contributed by atoms with Crippen LogP contribution >= 0.6 is 35.6 Å². The summed E-state index contributed by atoms with van der Waals surface area (Å²) >= 11 is 12.5. The molecule has 3 rings (SSSR count). The Bertz CT molecular complexity index is 972. The van der Waals surface area contributed by atoms with Crippen LogP contribution in [0.1, 0.15) is 12.0 Å². The first kappa shape index (κ1) is 20.1. The van der Waals surface area contributed by atoms with E-state index >= 15 is 0 Å². The molecule has 1 fully saturated rings. The molecule has 1 aromatic carbocycles. The summed E-state index contributed by atoms with van der Waals surface area (Å²) in [4.78, 5) is 26.4. The van der Waals surface area contributed by atoms with Gasteiger partial charge in [-0.15, -0.1) is 0 Å². The van der Waals surface area contributed by atoms with Gasteiger partial charge in [-0.2, -0.15) is 0 Å². The number of thiocarbonyl (C=S) groups is 1. The number of nitrogens with one attached hydrogen (secondary N) is 1. The highest BCUT2D eigenvalue weighted by molar-refractivity contribution is 8.26. The second-order valence-electron chi connectivity index (χ2n) is 5.94. The van der Waals surface area contributed by atoms with Gasteiger partial charge in [0.05, 0.1) is 16.7 Å². The topological polar surface area (TPSA) is 83.6 Å². The smallest absolute Gasteiger partial charge is 0.266 e. The summed E-state index contributed by atoms with van der Waals surface area (Å²) in [5.41, 5.74) is 0.714. The lowest BCUT2D eigenvalue weighted by molar-refractivity contribution is -0.124. The molecule has 27 heavy (non-hydrogen) atoms. The minimum atomic E-state index is -3.23. The maximum Gasteiger partial charge on any atom is 0.266 e. The number of hydrogen-bond donors (Lipinski definition) is 1. The molecule has 0 bridgehead atoms. The first-order chi connectivity index (χ1) is 12.7. The van der Waals surface area contributed by atoms with Crippen LogP contribution in [0.15, 0.2) is 40.7 Å². The summed E-state index contributed by atoms with van der Waals surface area (Å²) in [6, 6.07) is 6.62. The maximum absolute atomic E-state index is 12.6. The molecule has 6 nitrogen and oxygen atoms in total. The largest absolute Gasteiger partial charge is 0.349 e. The van der Waals surface area contributed by atoms with Gasteiger partial charge >= 0.3 is 0 Å². The van der Waals surface area contributed by atoms with Crippen LogP contribution in [0.5, 0.6) is 0 Å². The number of halogens is 1. The number of carbonyl (C=O) groups excluding carboxylic acids is 2. The molecule has 1 atom stereocenters. The second kappa shape index (κ2) is 8.14. The van der Waals surface area contributed by atoms with Gasteiger partial charge in [0.25, 0.3) is 5.91 Å². The molecule has 0 radical (unpaired) electrons. The molecule has 2 aliphatic rings. The summed E-state index contributed by atoms with van der Waals surface area (Å²) < 4.78 is 23.1. The van der Waals surface area contributed by atoms with E-state index in [1.54, 1.807) is 24.3 Å². The Kier molecular flexibility index (Phi) is 6.05. The molecule has 1 N–H and O–H groups in total. The molecular weight excluding hydrogens is 428 g/mol. The highest BCUT2D eigenvalue weighted by atomic mass is 35.5. The molecule has 0 saturated carbocycles. The zero-order valence-electron chi connectivity index (χ0n) is 13.9. The second-order valence-corrected chi connectivity index (χ2v) is 9.95. The Morgan fingerprint density at radius 3 is 2.81 bits per heavy atom. The van der Waals surface area contributed by atoms with E-state index in [1.807, 2.05) is 6.07 Å². The van der Waals surface area contributed by atoms with Gasteiger partial charge in [-0.1, -0.05) is 53.8 Å². The highest BCUT2D eigenvalue weighted by Gasteiger charge is 2.32. The molecule has 2 amide bonds. The van der Waals surface area contributed by atoms with Gasteiger partial charge in [0.1, 0.15) is 4.32 Å². The minimum Gasteiger partial charge on any atom is -0.349 e. The SMILES string of the molecule is O=C(CCN1C(=O)/C(=C/c2ccccc2Cl)SC1=S)N[C@H]1C=CS(=O)(=O)C1. The zero-order chi connectivity index (χ0) is 19.6. The Labute approximate surface area is 171 Å². The fraction of sp³-hybridized carbons (Fsp3) is 0.235. The van der Waals surface area contributed by atoms with Crippen molar-refractivity contribution < 1.29 is 18.0 Å². The van der Waals surface area contributed by atoms with E-state index in [4.69, 9.17) is 23.8 Å². The van der Waals surface area contributed by atoms with Crippen LogP contribution in [-0.2, 0) is 19.4 Å². The average molecular weight is 443 g/mol. The zero-order valence-corrected chi connectivity index (χ0v) is 17.1. The standard InChI is InChI=1S/C17H15ClN2O4S3/c18-13-4-2-1-3-11(13)9-14-16(22)20(17(25)26-14)7-5-15(21)19-12-6-8-27(23,24)10-12/h1-4,6,8-9,12H,5,7,10H2,(H,19,21)/b14-9-/t12-/m0/s1. The Morgan fingerprint density at radius 2 is 2.15 bits per heavy atom. The van der Waals surface area contributed by atoms with Crippen molar-refractivity contribution in [3.63, 3.8) is 0 Å². The van der Waals surface area contributed by atoms with E-state index < -0.39 is 15.9 Å². The number of sulfone groups is 1. The molecule has 1 saturated heterocycles. The van der Waals surface area contributed by atoms with E-state index in [1.165, 1.54) is 11.0 Å². The predicted octanol–water partition coefficient (Wildman–Crippen LogP) is 2.36. The van der Waals surface area contributed by atoms with Crippen LogP contribution in [0, 0.1) is 0 Å². The third kappa shape index (κ3) is 4.98. The fourth-order valence-electron chi connectivity index (χ4n) is 2.58. The van der Waals surface area contributed by atoms with Crippen molar-refractivity contribution in [2.45, 2.75) is 12.5 Å².